The van der Waals surface area contributed by atoms with Gasteiger partial charge in [-0.15, -0.1) is 0 Å². The zero-order valence-corrected chi connectivity index (χ0v) is 9.65. The van der Waals surface area contributed by atoms with E-state index >= 15 is 0 Å². The average molecular weight is 231 g/mol. The van der Waals surface area contributed by atoms with Gasteiger partial charge in [0.25, 0.3) is 0 Å². The molecule has 0 saturated heterocycles. The first-order valence-electron chi connectivity index (χ1n) is 5.79. The summed E-state index contributed by atoms with van der Waals surface area (Å²) in [6.07, 6.45) is 2.89. The van der Waals surface area contributed by atoms with E-state index in [4.69, 9.17) is 0 Å². The van der Waals surface area contributed by atoms with E-state index < -0.39 is 0 Å². The Bertz CT molecular complexity index is 547. The third kappa shape index (κ3) is 1.79. The van der Waals surface area contributed by atoms with Gasteiger partial charge < -0.3 is 9.88 Å². The van der Waals surface area contributed by atoms with Crippen molar-refractivity contribution >= 4 is 5.95 Å². The largest absolute Gasteiger partial charge is 0.349 e. The Balaban J connectivity index is 1.91. The van der Waals surface area contributed by atoms with E-state index in [1.807, 2.05) is 25.3 Å². The minimum absolute atomic E-state index is 0.0190. The maximum atomic E-state index is 13.7. The lowest BCUT2D eigenvalue weighted by atomic mass is 10.0. The first kappa shape index (κ1) is 10.3. The normalized spacial score (nSPS) is 18.6. The van der Waals surface area contributed by atoms with Gasteiger partial charge in [-0.2, -0.15) is 0 Å². The van der Waals surface area contributed by atoms with E-state index in [1.165, 1.54) is 6.07 Å². The van der Waals surface area contributed by atoms with Crippen LogP contribution in [-0.2, 0) is 6.54 Å². The molecule has 17 heavy (non-hydrogen) atoms. The average Bonchev–Trinajstić information content (AvgIpc) is 2.68. The first-order chi connectivity index (χ1) is 8.24. The van der Waals surface area contributed by atoms with Gasteiger partial charge in [0, 0.05) is 18.3 Å². The number of hydrogen-bond acceptors (Lipinski definition) is 2. The standard InChI is InChI=1S/C13H14FN3/c1-9-8-17-7-6-12(16-13(17)15-9)10-4-2-3-5-11(10)14/h2-5,8,12H,6-7H2,1H3,(H,15,16). The van der Waals surface area contributed by atoms with Gasteiger partial charge in [0.2, 0.25) is 5.95 Å². The second kappa shape index (κ2) is 3.87. The topological polar surface area (TPSA) is 29.9 Å². The molecule has 1 atom stereocenters. The number of nitrogens with zero attached hydrogens (tertiary/aromatic N) is 2. The summed E-state index contributed by atoms with van der Waals surface area (Å²) >= 11 is 0. The summed E-state index contributed by atoms with van der Waals surface area (Å²) in [4.78, 5) is 4.39. The van der Waals surface area contributed by atoms with E-state index in [0.717, 1.165) is 30.2 Å². The van der Waals surface area contributed by atoms with Crippen molar-refractivity contribution in [2.45, 2.75) is 25.9 Å². The Morgan fingerprint density at radius 2 is 2.24 bits per heavy atom. The van der Waals surface area contributed by atoms with Crippen molar-refractivity contribution in [1.82, 2.24) is 9.55 Å². The zero-order valence-electron chi connectivity index (χ0n) is 9.65. The summed E-state index contributed by atoms with van der Waals surface area (Å²) in [6.45, 7) is 2.84. The summed E-state index contributed by atoms with van der Waals surface area (Å²) in [5, 5.41) is 3.29. The highest BCUT2D eigenvalue weighted by atomic mass is 19.1. The highest BCUT2D eigenvalue weighted by Crippen LogP contribution is 2.29. The maximum absolute atomic E-state index is 13.7. The Morgan fingerprint density at radius 3 is 3.06 bits per heavy atom. The number of aromatic nitrogens is 2. The second-order valence-electron chi connectivity index (χ2n) is 4.41. The fraction of sp³-hybridized carbons (Fsp3) is 0.308. The molecule has 3 rings (SSSR count). The third-order valence-corrected chi connectivity index (χ3v) is 3.14. The molecule has 0 fully saturated rings. The molecule has 88 valence electrons. The molecule has 1 aliphatic rings. The Kier molecular flexibility index (Phi) is 2.35. The number of hydrogen-bond donors (Lipinski definition) is 1. The van der Waals surface area contributed by atoms with Gasteiger partial charge in [-0.1, -0.05) is 18.2 Å². The summed E-state index contributed by atoms with van der Waals surface area (Å²) in [5.41, 5.74) is 1.71. The SMILES string of the molecule is Cc1cn2c(n1)NC(c1ccccc1F)CC2. The predicted molar refractivity (Wildman–Crippen MR) is 64.3 cm³/mol. The highest BCUT2D eigenvalue weighted by Gasteiger charge is 2.22. The van der Waals surface area contributed by atoms with Crippen molar-refractivity contribution in [2.24, 2.45) is 0 Å². The number of benzene rings is 1. The third-order valence-electron chi connectivity index (χ3n) is 3.14. The van der Waals surface area contributed by atoms with Gasteiger partial charge in [-0.3, -0.25) is 0 Å². The van der Waals surface area contributed by atoms with Crippen LogP contribution < -0.4 is 5.32 Å². The molecule has 0 spiro atoms. The number of fused-ring (bicyclic) bond motifs is 1. The molecule has 0 saturated carbocycles. The molecular formula is C13H14FN3. The van der Waals surface area contributed by atoms with E-state index in [1.54, 1.807) is 6.07 Å². The number of aryl methyl sites for hydroxylation is 2. The molecule has 2 aromatic rings. The molecule has 1 aromatic heterocycles. The van der Waals surface area contributed by atoms with Gasteiger partial charge in [-0.05, 0) is 19.4 Å². The van der Waals surface area contributed by atoms with Crippen LogP contribution in [0.3, 0.4) is 0 Å². The van der Waals surface area contributed by atoms with Crippen molar-refractivity contribution in [3.8, 4) is 0 Å². The molecule has 3 nitrogen and oxygen atoms in total. The smallest absolute Gasteiger partial charge is 0.203 e. The highest BCUT2D eigenvalue weighted by molar-refractivity contribution is 5.37. The minimum atomic E-state index is -0.151. The fourth-order valence-electron chi connectivity index (χ4n) is 2.32. The van der Waals surface area contributed by atoms with Gasteiger partial charge in [-0.25, -0.2) is 9.37 Å². The van der Waals surface area contributed by atoms with Crippen LogP contribution in [0.2, 0.25) is 0 Å². The van der Waals surface area contributed by atoms with Crippen LogP contribution in [-0.4, -0.2) is 9.55 Å². The maximum Gasteiger partial charge on any atom is 0.203 e. The van der Waals surface area contributed by atoms with E-state index in [9.17, 15) is 4.39 Å². The fourth-order valence-corrected chi connectivity index (χ4v) is 2.32. The molecule has 1 N–H and O–H groups in total. The molecule has 0 radical (unpaired) electrons. The molecule has 4 heteroatoms. The summed E-state index contributed by atoms with van der Waals surface area (Å²) in [5.74, 6) is 0.684. The Hall–Kier alpha value is -1.84. The van der Waals surface area contributed by atoms with Crippen molar-refractivity contribution < 1.29 is 4.39 Å². The first-order valence-corrected chi connectivity index (χ1v) is 5.79. The molecule has 1 aromatic carbocycles. The van der Waals surface area contributed by atoms with Crippen LogP contribution in [0.25, 0.3) is 0 Å². The van der Waals surface area contributed by atoms with Gasteiger partial charge in [0.15, 0.2) is 0 Å². The molecule has 0 aliphatic carbocycles. The molecule has 1 aliphatic heterocycles. The van der Waals surface area contributed by atoms with E-state index in [2.05, 4.69) is 14.9 Å². The predicted octanol–water partition coefficient (Wildman–Crippen LogP) is 2.89. The van der Waals surface area contributed by atoms with Crippen molar-refractivity contribution in [3.63, 3.8) is 0 Å². The van der Waals surface area contributed by atoms with Gasteiger partial charge >= 0.3 is 0 Å². The summed E-state index contributed by atoms with van der Waals surface area (Å²) in [6, 6.07) is 6.94. The van der Waals surface area contributed by atoms with Crippen LogP contribution in [0.15, 0.2) is 30.5 Å². The summed E-state index contributed by atoms with van der Waals surface area (Å²) in [7, 11) is 0. The number of anilines is 1. The molecule has 2 heterocycles. The Labute approximate surface area is 99.3 Å². The van der Waals surface area contributed by atoms with E-state index in [0.29, 0.717) is 0 Å². The monoisotopic (exact) mass is 231 g/mol. The van der Waals surface area contributed by atoms with Crippen molar-refractivity contribution in [2.75, 3.05) is 5.32 Å². The van der Waals surface area contributed by atoms with Crippen LogP contribution in [0.4, 0.5) is 10.3 Å². The second-order valence-corrected chi connectivity index (χ2v) is 4.41. The van der Waals surface area contributed by atoms with Crippen LogP contribution in [0.5, 0.6) is 0 Å². The van der Waals surface area contributed by atoms with Gasteiger partial charge in [0.1, 0.15) is 5.82 Å². The van der Waals surface area contributed by atoms with E-state index in [-0.39, 0.29) is 11.9 Å². The van der Waals surface area contributed by atoms with Crippen LogP contribution in [0, 0.1) is 12.7 Å². The van der Waals surface area contributed by atoms with Crippen molar-refractivity contribution in [3.05, 3.63) is 47.5 Å². The number of rotatable bonds is 1. The lowest BCUT2D eigenvalue weighted by Gasteiger charge is -2.26. The molecular weight excluding hydrogens is 217 g/mol. The lowest BCUT2D eigenvalue weighted by Crippen LogP contribution is -2.22. The number of nitrogens with one attached hydrogen (secondary N) is 1. The minimum Gasteiger partial charge on any atom is -0.349 e. The zero-order chi connectivity index (χ0) is 11.8. The number of halogens is 1. The lowest BCUT2D eigenvalue weighted by molar-refractivity contribution is 0.516. The molecule has 1 unspecified atom stereocenters. The van der Waals surface area contributed by atoms with Crippen LogP contribution in [0.1, 0.15) is 23.7 Å². The summed E-state index contributed by atoms with van der Waals surface area (Å²) < 4.78 is 15.8. The van der Waals surface area contributed by atoms with Gasteiger partial charge in [0.05, 0.1) is 11.7 Å². The Morgan fingerprint density at radius 1 is 1.41 bits per heavy atom. The van der Waals surface area contributed by atoms with Crippen molar-refractivity contribution in [1.29, 1.82) is 0 Å². The number of imidazole rings is 1. The van der Waals surface area contributed by atoms with Crippen LogP contribution >= 0.6 is 0 Å². The quantitative estimate of drug-likeness (QED) is 0.817. The molecule has 0 bridgehead atoms. The molecule has 0 amide bonds.